The quantitative estimate of drug-likeness (QED) is 0.815. The van der Waals surface area contributed by atoms with Crippen LogP contribution in [-0.2, 0) is 11.2 Å². The number of methoxy groups -OCH3 is 1. The van der Waals surface area contributed by atoms with Gasteiger partial charge in [-0.25, -0.2) is 0 Å². The lowest BCUT2D eigenvalue weighted by molar-refractivity contribution is -0.121. The molecule has 122 valence electrons. The van der Waals surface area contributed by atoms with Crippen molar-refractivity contribution in [3.8, 4) is 5.75 Å². The molecule has 5 heteroatoms. The maximum absolute atomic E-state index is 12.1. The molecule has 0 heterocycles. The molecule has 0 saturated heterocycles. The van der Waals surface area contributed by atoms with E-state index in [0.29, 0.717) is 17.3 Å². The van der Waals surface area contributed by atoms with E-state index in [1.54, 1.807) is 19.2 Å². The van der Waals surface area contributed by atoms with Gasteiger partial charge in [0.25, 0.3) is 0 Å². The van der Waals surface area contributed by atoms with E-state index in [1.807, 2.05) is 43.3 Å². The first-order chi connectivity index (χ1) is 11.1. The molecule has 1 unspecified atom stereocenters. The van der Waals surface area contributed by atoms with Crippen LogP contribution in [0.2, 0.25) is 5.02 Å². The number of anilines is 1. The Morgan fingerprint density at radius 1 is 1.22 bits per heavy atom. The third kappa shape index (κ3) is 5.18. The minimum atomic E-state index is -0.352. The molecule has 0 fully saturated rings. The monoisotopic (exact) mass is 332 g/mol. The van der Waals surface area contributed by atoms with E-state index in [9.17, 15) is 4.79 Å². The van der Waals surface area contributed by atoms with Crippen LogP contribution < -0.4 is 15.4 Å². The smallest absolute Gasteiger partial charge is 0.242 e. The van der Waals surface area contributed by atoms with Crippen LogP contribution in [0.25, 0.3) is 0 Å². The minimum absolute atomic E-state index is 0.0483. The Hall–Kier alpha value is -2.20. The zero-order valence-corrected chi connectivity index (χ0v) is 14.1. The van der Waals surface area contributed by atoms with E-state index in [-0.39, 0.29) is 11.9 Å². The number of nitrogens with one attached hydrogen (secondary N) is 2. The summed E-state index contributed by atoms with van der Waals surface area (Å²) in [5.41, 5.74) is 1.98. The highest BCUT2D eigenvalue weighted by atomic mass is 35.5. The van der Waals surface area contributed by atoms with Crippen molar-refractivity contribution < 1.29 is 9.53 Å². The predicted octanol–water partition coefficient (Wildman–Crippen LogP) is 3.51. The summed E-state index contributed by atoms with van der Waals surface area (Å²) in [6.45, 7) is 2.42. The molecule has 2 aromatic rings. The maximum Gasteiger partial charge on any atom is 0.242 e. The van der Waals surface area contributed by atoms with E-state index < -0.39 is 0 Å². The molecule has 0 spiro atoms. The summed E-state index contributed by atoms with van der Waals surface area (Å²) in [5.74, 6) is 0.560. The summed E-state index contributed by atoms with van der Waals surface area (Å²) < 4.78 is 5.11. The molecule has 0 aliphatic carbocycles. The largest absolute Gasteiger partial charge is 0.495 e. The molecule has 4 nitrogen and oxygen atoms in total. The van der Waals surface area contributed by atoms with E-state index in [1.165, 1.54) is 5.56 Å². The molecule has 2 aromatic carbocycles. The topological polar surface area (TPSA) is 50.4 Å². The van der Waals surface area contributed by atoms with Gasteiger partial charge in [0.05, 0.1) is 12.1 Å². The normalized spacial score (nSPS) is 11.6. The molecule has 0 aromatic heterocycles. The minimum Gasteiger partial charge on any atom is -0.495 e. The van der Waals surface area contributed by atoms with Gasteiger partial charge in [0, 0.05) is 12.2 Å². The first kappa shape index (κ1) is 17.2. The lowest BCUT2D eigenvalue weighted by Gasteiger charge is -2.16. The molecule has 0 aliphatic heterocycles. The Balaban J connectivity index is 1.81. The standard InChI is InChI=1S/C18H21ClN2O2/c1-13(21-15-8-9-17(23-2)16(19)12-15)18(22)20-11-10-14-6-4-3-5-7-14/h3-9,12-13,21H,10-11H2,1-2H3,(H,20,22). The summed E-state index contributed by atoms with van der Waals surface area (Å²) in [6, 6.07) is 15.1. The van der Waals surface area contributed by atoms with Crippen molar-refractivity contribution in [2.45, 2.75) is 19.4 Å². The molecule has 0 radical (unpaired) electrons. The van der Waals surface area contributed by atoms with Crippen molar-refractivity contribution in [3.63, 3.8) is 0 Å². The zero-order valence-electron chi connectivity index (χ0n) is 13.3. The average Bonchev–Trinajstić information content (AvgIpc) is 2.56. The molecule has 1 atom stereocenters. The van der Waals surface area contributed by atoms with Gasteiger partial charge in [-0.05, 0) is 37.1 Å². The SMILES string of the molecule is COc1ccc(NC(C)C(=O)NCCc2ccccc2)cc1Cl. The zero-order chi connectivity index (χ0) is 16.7. The summed E-state index contributed by atoms with van der Waals surface area (Å²) >= 11 is 6.08. The maximum atomic E-state index is 12.1. The Bertz CT molecular complexity index is 647. The molecular formula is C18H21ClN2O2. The van der Waals surface area contributed by atoms with Gasteiger partial charge in [-0.3, -0.25) is 4.79 Å². The molecular weight excluding hydrogens is 312 g/mol. The summed E-state index contributed by atoms with van der Waals surface area (Å²) in [4.78, 5) is 12.1. The van der Waals surface area contributed by atoms with Crippen LogP contribution in [0.4, 0.5) is 5.69 Å². The summed E-state index contributed by atoms with van der Waals surface area (Å²) in [6.07, 6.45) is 0.813. The highest BCUT2D eigenvalue weighted by Crippen LogP contribution is 2.27. The van der Waals surface area contributed by atoms with Crippen molar-refractivity contribution in [2.24, 2.45) is 0 Å². The number of hydrogen-bond acceptors (Lipinski definition) is 3. The van der Waals surface area contributed by atoms with Gasteiger partial charge in [0.1, 0.15) is 11.8 Å². The van der Waals surface area contributed by atoms with Gasteiger partial charge < -0.3 is 15.4 Å². The van der Waals surface area contributed by atoms with Crippen molar-refractivity contribution in [1.82, 2.24) is 5.32 Å². The fourth-order valence-corrected chi connectivity index (χ4v) is 2.46. The van der Waals surface area contributed by atoms with Crippen LogP contribution in [0.5, 0.6) is 5.75 Å². The van der Waals surface area contributed by atoms with E-state index >= 15 is 0 Å². The number of hydrogen-bond donors (Lipinski definition) is 2. The molecule has 0 saturated carbocycles. The lowest BCUT2D eigenvalue weighted by Crippen LogP contribution is -2.38. The lowest BCUT2D eigenvalue weighted by atomic mass is 10.1. The van der Waals surface area contributed by atoms with Gasteiger partial charge in [-0.2, -0.15) is 0 Å². The molecule has 23 heavy (non-hydrogen) atoms. The first-order valence-corrected chi connectivity index (χ1v) is 7.89. The van der Waals surface area contributed by atoms with Gasteiger partial charge in [-0.1, -0.05) is 41.9 Å². The van der Waals surface area contributed by atoms with Crippen LogP contribution in [0.3, 0.4) is 0 Å². The van der Waals surface area contributed by atoms with Gasteiger partial charge in [-0.15, -0.1) is 0 Å². The fourth-order valence-electron chi connectivity index (χ4n) is 2.20. The van der Waals surface area contributed by atoms with E-state index in [4.69, 9.17) is 16.3 Å². The Kier molecular flexibility index (Phi) is 6.29. The van der Waals surface area contributed by atoms with Gasteiger partial charge in [0.15, 0.2) is 0 Å². The number of amides is 1. The Morgan fingerprint density at radius 2 is 1.96 bits per heavy atom. The van der Waals surface area contributed by atoms with Crippen LogP contribution in [-0.4, -0.2) is 25.6 Å². The number of benzene rings is 2. The van der Waals surface area contributed by atoms with Crippen LogP contribution in [0.1, 0.15) is 12.5 Å². The van der Waals surface area contributed by atoms with Crippen molar-refractivity contribution in [2.75, 3.05) is 19.0 Å². The highest BCUT2D eigenvalue weighted by molar-refractivity contribution is 6.32. The summed E-state index contributed by atoms with van der Waals surface area (Å²) in [7, 11) is 1.57. The van der Waals surface area contributed by atoms with Crippen molar-refractivity contribution in [1.29, 1.82) is 0 Å². The molecule has 1 amide bonds. The van der Waals surface area contributed by atoms with Gasteiger partial charge >= 0.3 is 0 Å². The fraction of sp³-hybridized carbons (Fsp3) is 0.278. The molecule has 2 rings (SSSR count). The van der Waals surface area contributed by atoms with Crippen LogP contribution in [0, 0.1) is 0 Å². The number of carbonyl (C=O) groups excluding carboxylic acids is 1. The number of ether oxygens (including phenoxy) is 1. The van der Waals surface area contributed by atoms with Crippen LogP contribution >= 0.6 is 11.6 Å². The third-order valence-corrected chi connectivity index (χ3v) is 3.78. The third-order valence-electron chi connectivity index (χ3n) is 3.48. The second-order valence-corrected chi connectivity index (χ2v) is 5.65. The Morgan fingerprint density at radius 3 is 2.61 bits per heavy atom. The number of carbonyl (C=O) groups is 1. The molecule has 0 bridgehead atoms. The second-order valence-electron chi connectivity index (χ2n) is 5.24. The average molecular weight is 333 g/mol. The second kappa shape index (κ2) is 8.44. The highest BCUT2D eigenvalue weighted by Gasteiger charge is 2.12. The number of rotatable bonds is 7. The van der Waals surface area contributed by atoms with Crippen molar-refractivity contribution in [3.05, 3.63) is 59.1 Å². The van der Waals surface area contributed by atoms with Gasteiger partial charge in [0.2, 0.25) is 5.91 Å². The first-order valence-electron chi connectivity index (χ1n) is 7.52. The molecule has 0 aliphatic rings. The predicted molar refractivity (Wildman–Crippen MR) is 94.2 cm³/mol. The van der Waals surface area contributed by atoms with Crippen molar-refractivity contribution >= 4 is 23.2 Å². The van der Waals surface area contributed by atoms with E-state index in [2.05, 4.69) is 10.6 Å². The van der Waals surface area contributed by atoms with Crippen LogP contribution in [0.15, 0.2) is 48.5 Å². The molecule has 2 N–H and O–H groups in total. The summed E-state index contributed by atoms with van der Waals surface area (Å²) in [5, 5.41) is 6.57. The Labute approximate surface area is 141 Å². The number of halogens is 1. The van der Waals surface area contributed by atoms with E-state index in [0.717, 1.165) is 12.1 Å².